The largest absolute Gasteiger partial charge is 0.350 e. The minimum Gasteiger partial charge on any atom is -0.350 e. The van der Waals surface area contributed by atoms with Gasteiger partial charge in [0.05, 0.1) is 12.2 Å². The van der Waals surface area contributed by atoms with Crippen molar-refractivity contribution in [1.82, 2.24) is 15.2 Å². The van der Waals surface area contributed by atoms with Crippen LogP contribution in [0.1, 0.15) is 51.1 Å². The first-order valence-electron chi connectivity index (χ1n) is 8.75. The number of allylic oxidation sites excluding steroid dienone is 1. The summed E-state index contributed by atoms with van der Waals surface area (Å²) in [6.07, 6.45) is 10.1. The van der Waals surface area contributed by atoms with Crippen LogP contribution in [0.2, 0.25) is 0 Å². The molecule has 5 nitrogen and oxygen atoms in total. The number of nitrogens with one attached hydrogen (secondary N) is 1. The van der Waals surface area contributed by atoms with Crippen molar-refractivity contribution in [1.29, 1.82) is 0 Å². The van der Waals surface area contributed by atoms with Crippen LogP contribution in [0.25, 0.3) is 0 Å². The van der Waals surface area contributed by atoms with Gasteiger partial charge in [-0.05, 0) is 44.2 Å². The molecule has 0 atom stereocenters. The van der Waals surface area contributed by atoms with Crippen LogP contribution in [0, 0.1) is 0 Å². The van der Waals surface area contributed by atoms with Crippen LogP contribution in [0.15, 0.2) is 36.0 Å². The molecule has 1 heterocycles. The summed E-state index contributed by atoms with van der Waals surface area (Å²) in [4.78, 5) is 29.7. The molecule has 1 aromatic rings. The second-order valence-corrected chi connectivity index (χ2v) is 6.21. The highest BCUT2D eigenvalue weighted by molar-refractivity contribution is 5.77. The van der Waals surface area contributed by atoms with E-state index >= 15 is 0 Å². The van der Waals surface area contributed by atoms with Crippen molar-refractivity contribution in [3.63, 3.8) is 0 Å². The van der Waals surface area contributed by atoms with Gasteiger partial charge in [0.2, 0.25) is 11.8 Å². The summed E-state index contributed by atoms with van der Waals surface area (Å²) < 4.78 is 0. The van der Waals surface area contributed by atoms with Crippen LogP contribution < -0.4 is 5.32 Å². The molecule has 1 N–H and O–H groups in total. The van der Waals surface area contributed by atoms with Crippen LogP contribution >= 0.6 is 0 Å². The van der Waals surface area contributed by atoms with Crippen LogP contribution in [0.3, 0.4) is 0 Å². The van der Waals surface area contributed by atoms with E-state index in [1.54, 1.807) is 18.0 Å². The molecule has 0 aliphatic heterocycles. The lowest BCUT2D eigenvalue weighted by Crippen LogP contribution is -2.34. The average molecular weight is 329 g/mol. The van der Waals surface area contributed by atoms with E-state index in [0.29, 0.717) is 26.1 Å². The minimum absolute atomic E-state index is 0.0314. The van der Waals surface area contributed by atoms with Gasteiger partial charge in [0.1, 0.15) is 0 Å². The molecular weight excluding hydrogens is 302 g/mol. The van der Waals surface area contributed by atoms with Crippen molar-refractivity contribution in [3.8, 4) is 0 Å². The number of hydrogen-bond donors (Lipinski definition) is 1. The fraction of sp³-hybridized carbons (Fsp3) is 0.526. The number of hydrogen-bond acceptors (Lipinski definition) is 3. The summed E-state index contributed by atoms with van der Waals surface area (Å²) in [5, 5.41) is 2.85. The molecule has 0 fully saturated rings. The van der Waals surface area contributed by atoms with Crippen molar-refractivity contribution in [2.75, 3.05) is 13.1 Å². The third-order valence-corrected chi connectivity index (χ3v) is 4.33. The van der Waals surface area contributed by atoms with Gasteiger partial charge in [0, 0.05) is 32.6 Å². The van der Waals surface area contributed by atoms with E-state index in [1.807, 2.05) is 18.2 Å². The molecule has 0 aromatic carbocycles. The number of carbonyl (C=O) groups is 2. The average Bonchev–Trinajstić information content (AvgIpc) is 2.61. The topological polar surface area (TPSA) is 62.3 Å². The van der Waals surface area contributed by atoms with Gasteiger partial charge >= 0.3 is 0 Å². The highest BCUT2D eigenvalue weighted by Crippen LogP contribution is 2.20. The van der Waals surface area contributed by atoms with Crippen LogP contribution in [0.4, 0.5) is 0 Å². The molecule has 0 saturated heterocycles. The monoisotopic (exact) mass is 329 g/mol. The van der Waals surface area contributed by atoms with Crippen molar-refractivity contribution >= 4 is 11.8 Å². The third kappa shape index (κ3) is 6.52. The number of nitrogens with zero attached hydrogens (tertiary/aromatic N) is 2. The number of carbonyl (C=O) groups excluding carboxylic acids is 2. The zero-order valence-corrected chi connectivity index (χ0v) is 14.5. The van der Waals surface area contributed by atoms with Crippen molar-refractivity contribution in [2.45, 2.75) is 52.0 Å². The fourth-order valence-corrected chi connectivity index (χ4v) is 2.85. The number of rotatable bonds is 8. The molecule has 24 heavy (non-hydrogen) atoms. The van der Waals surface area contributed by atoms with Gasteiger partial charge in [0.15, 0.2) is 0 Å². The second-order valence-electron chi connectivity index (χ2n) is 6.21. The molecule has 0 spiro atoms. The van der Waals surface area contributed by atoms with E-state index in [9.17, 15) is 9.59 Å². The molecule has 5 heteroatoms. The standard InChI is InChI=1S/C19H27N3O2/c1-16(23)22(13-10-17-7-3-2-4-8-17)14-11-19(24)21-15-18-9-5-6-12-20-18/h5-7,9,12H,2-4,8,10-11,13-15H2,1H3,(H,21,24). The van der Waals surface area contributed by atoms with Gasteiger partial charge in [-0.25, -0.2) is 0 Å². The fourth-order valence-electron chi connectivity index (χ4n) is 2.85. The van der Waals surface area contributed by atoms with Gasteiger partial charge < -0.3 is 10.2 Å². The summed E-state index contributed by atoms with van der Waals surface area (Å²) in [5.74, 6) is -0.0206. The Labute approximate surface area is 144 Å². The van der Waals surface area contributed by atoms with Gasteiger partial charge in [0.25, 0.3) is 0 Å². The lowest BCUT2D eigenvalue weighted by atomic mass is 9.97. The third-order valence-electron chi connectivity index (χ3n) is 4.33. The molecule has 0 saturated carbocycles. The molecule has 1 aliphatic rings. The maximum absolute atomic E-state index is 12.0. The normalized spacial score (nSPS) is 14.0. The highest BCUT2D eigenvalue weighted by Gasteiger charge is 2.13. The van der Waals surface area contributed by atoms with Crippen molar-refractivity contribution < 1.29 is 9.59 Å². The van der Waals surface area contributed by atoms with E-state index in [2.05, 4.69) is 16.4 Å². The van der Waals surface area contributed by atoms with Crippen molar-refractivity contribution in [2.24, 2.45) is 0 Å². The lowest BCUT2D eigenvalue weighted by molar-refractivity contribution is -0.129. The highest BCUT2D eigenvalue weighted by atomic mass is 16.2. The summed E-state index contributed by atoms with van der Waals surface area (Å²) in [6.45, 7) is 3.17. The Kier molecular flexibility index (Phi) is 7.46. The smallest absolute Gasteiger partial charge is 0.222 e. The molecule has 0 bridgehead atoms. The van der Waals surface area contributed by atoms with Gasteiger partial charge in [-0.1, -0.05) is 17.7 Å². The van der Waals surface area contributed by atoms with E-state index in [0.717, 1.165) is 25.0 Å². The predicted octanol–water partition coefficient (Wildman–Crippen LogP) is 2.83. The Hall–Kier alpha value is -2.17. The van der Waals surface area contributed by atoms with Gasteiger partial charge in [-0.15, -0.1) is 0 Å². The molecule has 2 amide bonds. The maximum Gasteiger partial charge on any atom is 0.222 e. The number of pyridine rings is 1. The Morgan fingerprint density at radius 1 is 1.25 bits per heavy atom. The van der Waals surface area contributed by atoms with Crippen LogP contribution in [-0.4, -0.2) is 34.8 Å². The zero-order valence-electron chi connectivity index (χ0n) is 14.5. The Morgan fingerprint density at radius 2 is 2.12 bits per heavy atom. The summed E-state index contributed by atoms with van der Waals surface area (Å²) >= 11 is 0. The van der Waals surface area contributed by atoms with Crippen molar-refractivity contribution in [3.05, 3.63) is 41.7 Å². The first-order chi connectivity index (χ1) is 11.6. The zero-order chi connectivity index (χ0) is 17.2. The molecule has 130 valence electrons. The minimum atomic E-state index is -0.0521. The Morgan fingerprint density at radius 3 is 2.79 bits per heavy atom. The molecule has 0 unspecified atom stereocenters. The van der Waals surface area contributed by atoms with E-state index < -0.39 is 0 Å². The van der Waals surface area contributed by atoms with Crippen LogP contribution in [-0.2, 0) is 16.1 Å². The Bertz CT molecular complexity index is 569. The molecule has 2 rings (SSSR count). The maximum atomic E-state index is 12.0. The Balaban J connectivity index is 1.71. The van der Waals surface area contributed by atoms with E-state index in [4.69, 9.17) is 0 Å². The summed E-state index contributed by atoms with van der Waals surface area (Å²) in [5.41, 5.74) is 2.28. The number of aromatic nitrogens is 1. The van der Waals surface area contributed by atoms with Gasteiger partial charge in [-0.2, -0.15) is 0 Å². The lowest BCUT2D eigenvalue weighted by Gasteiger charge is -2.22. The molecular formula is C19H27N3O2. The number of amides is 2. The van der Waals surface area contributed by atoms with E-state index in [1.165, 1.54) is 18.4 Å². The molecule has 0 radical (unpaired) electrons. The molecule has 1 aromatic heterocycles. The van der Waals surface area contributed by atoms with E-state index in [-0.39, 0.29) is 11.8 Å². The second kappa shape index (κ2) is 9.85. The van der Waals surface area contributed by atoms with Crippen LogP contribution in [0.5, 0.6) is 0 Å². The molecule has 1 aliphatic carbocycles. The quantitative estimate of drug-likeness (QED) is 0.746. The first-order valence-corrected chi connectivity index (χ1v) is 8.75. The first kappa shape index (κ1) is 18.2. The SMILES string of the molecule is CC(=O)N(CCC(=O)NCc1ccccn1)CCC1=CCCCC1. The predicted molar refractivity (Wildman–Crippen MR) is 94.1 cm³/mol. The summed E-state index contributed by atoms with van der Waals surface area (Å²) in [7, 11) is 0. The van der Waals surface area contributed by atoms with Gasteiger partial charge in [-0.3, -0.25) is 14.6 Å². The summed E-state index contributed by atoms with van der Waals surface area (Å²) in [6, 6.07) is 5.61.